The van der Waals surface area contributed by atoms with E-state index in [1.165, 1.54) is 7.11 Å². The summed E-state index contributed by atoms with van der Waals surface area (Å²) < 4.78 is 16.3. The Morgan fingerprint density at radius 3 is 2.35 bits per heavy atom. The van der Waals surface area contributed by atoms with Crippen LogP contribution in [0.1, 0.15) is 15.9 Å². The molecule has 0 fully saturated rings. The third kappa shape index (κ3) is 4.25. The van der Waals surface area contributed by atoms with Crippen LogP contribution in [0.4, 0.5) is 5.69 Å². The van der Waals surface area contributed by atoms with Crippen LogP contribution in [0.2, 0.25) is 0 Å². The maximum atomic E-state index is 12.7. The van der Waals surface area contributed by atoms with Crippen LogP contribution in [0.5, 0.6) is 11.5 Å². The van der Waals surface area contributed by atoms with Crippen LogP contribution in [-0.4, -0.2) is 30.3 Å². The molecule has 4 rings (SSSR count). The number of rotatable bonds is 6. The quantitative estimate of drug-likeness (QED) is 0.478. The van der Waals surface area contributed by atoms with Gasteiger partial charge in [-0.25, -0.2) is 0 Å². The van der Waals surface area contributed by atoms with Gasteiger partial charge in [0.05, 0.1) is 19.9 Å². The number of aromatic nitrogens is 2. The molecule has 1 aromatic heterocycles. The van der Waals surface area contributed by atoms with E-state index in [4.69, 9.17) is 13.9 Å². The van der Waals surface area contributed by atoms with Crippen molar-refractivity contribution >= 4 is 11.6 Å². The minimum Gasteiger partial charge on any atom is -0.497 e. The van der Waals surface area contributed by atoms with Crippen molar-refractivity contribution in [2.75, 3.05) is 19.5 Å². The number of aryl methyl sites for hydroxylation is 1. The van der Waals surface area contributed by atoms with E-state index in [2.05, 4.69) is 15.5 Å². The molecule has 1 heterocycles. The van der Waals surface area contributed by atoms with E-state index in [9.17, 15) is 4.79 Å². The molecule has 0 bridgehead atoms. The SMILES string of the molecule is COc1ccc(NC(=O)c2ccc(-c3nnc(-c4ccccc4C)o3)cc2)c(OC)c1. The first kappa shape index (κ1) is 20.2. The molecule has 1 amide bonds. The molecule has 0 aliphatic heterocycles. The smallest absolute Gasteiger partial charge is 0.255 e. The number of anilines is 1. The molecule has 3 aromatic carbocycles. The summed E-state index contributed by atoms with van der Waals surface area (Å²) in [5, 5.41) is 11.1. The van der Waals surface area contributed by atoms with Gasteiger partial charge < -0.3 is 19.2 Å². The largest absolute Gasteiger partial charge is 0.497 e. The second-order valence-corrected chi connectivity index (χ2v) is 6.82. The maximum Gasteiger partial charge on any atom is 0.255 e. The van der Waals surface area contributed by atoms with E-state index < -0.39 is 0 Å². The van der Waals surface area contributed by atoms with Crippen LogP contribution < -0.4 is 14.8 Å². The van der Waals surface area contributed by atoms with Crippen LogP contribution in [0, 0.1) is 6.92 Å². The zero-order valence-electron chi connectivity index (χ0n) is 17.4. The summed E-state index contributed by atoms with van der Waals surface area (Å²) in [6, 6.07) is 20.0. The molecule has 1 N–H and O–H groups in total. The first-order valence-corrected chi connectivity index (χ1v) is 9.62. The zero-order chi connectivity index (χ0) is 21.8. The van der Waals surface area contributed by atoms with Gasteiger partial charge in [-0.15, -0.1) is 10.2 Å². The Morgan fingerprint density at radius 2 is 1.65 bits per heavy atom. The normalized spacial score (nSPS) is 10.5. The second kappa shape index (κ2) is 8.71. The second-order valence-electron chi connectivity index (χ2n) is 6.82. The number of nitrogens with zero attached hydrogens (tertiary/aromatic N) is 2. The summed E-state index contributed by atoms with van der Waals surface area (Å²) in [5.41, 5.74) is 3.72. The van der Waals surface area contributed by atoms with Crippen LogP contribution in [0.3, 0.4) is 0 Å². The Balaban J connectivity index is 1.51. The number of hydrogen-bond donors (Lipinski definition) is 1. The highest BCUT2D eigenvalue weighted by molar-refractivity contribution is 6.05. The molecule has 0 saturated carbocycles. The van der Waals surface area contributed by atoms with Crippen molar-refractivity contribution in [2.24, 2.45) is 0 Å². The van der Waals surface area contributed by atoms with Crippen molar-refractivity contribution in [1.29, 1.82) is 0 Å². The average molecular weight is 415 g/mol. The molecule has 0 spiro atoms. The molecule has 7 heteroatoms. The topological polar surface area (TPSA) is 86.5 Å². The van der Waals surface area contributed by atoms with Gasteiger partial charge in [-0.2, -0.15) is 0 Å². The number of carbonyl (C=O) groups excluding carboxylic acids is 1. The van der Waals surface area contributed by atoms with Crippen LogP contribution >= 0.6 is 0 Å². The van der Waals surface area contributed by atoms with Crippen molar-refractivity contribution in [3.05, 3.63) is 77.9 Å². The molecule has 4 aromatic rings. The summed E-state index contributed by atoms with van der Waals surface area (Å²) in [6.07, 6.45) is 0. The number of methoxy groups -OCH3 is 2. The lowest BCUT2D eigenvalue weighted by Gasteiger charge is -2.11. The fourth-order valence-corrected chi connectivity index (χ4v) is 3.12. The summed E-state index contributed by atoms with van der Waals surface area (Å²) in [6.45, 7) is 1.99. The Bertz CT molecular complexity index is 1220. The number of carbonyl (C=O) groups is 1. The van der Waals surface area contributed by atoms with E-state index in [-0.39, 0.29) is 5.91 Å². The summed E-state index contributed by atoms with van der Waals surface area (Å²) in [4.78, 5) is 12.7. The van der Waals surface area contributed by atoms with Crippen LogP contribution in [0.25, 0.3) is 22.9 Å². The van der Waals surface area contributed by atoms with E-state index in [0.717, 1.165) is 16.7 Å². The number of benzene rings is 3. The molecule has 0 atom stereocenters. The first-order valence-electron chi connectivity index (χ1n) is 9.62. The average Bonchev–Trinajstić information content (AvgIpc) is 3.29. The Labute approximate surface area is 179 Å². The Morgan fingerprint density at radius 1 is 0.903 bits per heavy atom. The van der Waals surface area contributed by atoms with E-state index >= 15 is 0 Å². The highest BCUT2D eigenvalue weighted by Gasteiger charge is 2.14. The van der Waals surface area contributed by atoms with E-state index in [1.54, 1.807) is 49.6 Å². The standard InChI is InChI=1S/C24H21N3O4/c1-15-6-4-5-7-19(15)24-27-26-23(31-24)17-10-8-16(9-11-17)22(28)25-20-13-12-18(29-2)14-21(20)30-3/h4-14H,1-3H3,(H,25,28). The molecule has 0 saturated heterocycles. The number of ether oxygens (including phenoxy) is 2. The summed E-state index contributed by atoms with van der Waals surface area (Å²) in [5.74, 6) is 1.74. The molecule has 31 heavy (non-hydrogen) atoms. The van der Waals surface area contributed by atoms with Crippen molar-refractivity contribution in [3.63, 3.8) is 0 Å². The summed E-state index contributed by atoms with van der Waals surface area (Å²) in [7, 11) is 3.11. The molecule has 156 valence electrons. The van der Waals surface area contributed by atoms with Gasteiger partial charge in [0.25, 0.3) is 5.91 Å². The predicted octanol–water partition coefficient (Wildman–Crippen LogP) is 4.98. The number of amides is 1. The lowest BCUT2D eigenvalue weighted by molar-refractivity contribution is 0.102. The fourth-order valence-electron chi connectivity index (χ4n) is 3.12. The molecule has 0 radical (unpaired) electrons. The first-order chi connectivity index (χ1) is 15.1. The monoisotopic (exact) mass is 415 g/mol. The molecule has 0 aliphatic rings. The van der Waals surface area contributed by atoms with E-state index in [1.807, 2.05) is 31.2 Å². The third-order valence-electron chi connectivity index (χ3n) is 4.85. The minimum atomic E-state index is -0.263. The third-order valence-corrected chi connectivity index (χ3v) is 4.85. The molecule has 7 nitrogen and oxygen atoms in total. The van der Waals surface area contributed by atoms with E-state index in [0.29, 0.717) is 34.5 Å². The van der Waals surface area contributed by atoms with Gasteiger partial charge in [0, 0.05) is 22.8 Å². The molecular formula is C24H21N3O4. The van der Waals surface area contributed by atoms with Gasteiger partial charge in [-0.05, 0) is 55.0 Å². The van der Waals surface area contributed by atoms with Crippen LogP contribution in [-0.2, 0) is 0 Å². The Kier molecular flexibility index (Phi) is 5.66. The molecule has 0 unspecified atom stereocenters. The number of nitrogens with one attached hydrogen (secondary N) is 1. The lowest BCUT2D eigenvalue weighted by Crippen LogP contribution is -2.12. The van der Waals surface area contributed by atoms with Gasteiger partial charge in [-0.1, -0.05) is 18.2 Å². The molecule has 0 aliphatic carbocycles. The van der Waals surface area contributed by atoms with Gasteiger partial charge in [-0.3, -0.25) is 4.79 Å². The Hall–Kier alpha value is -4.13. The van der Waals surface area contributed by atoms with Crippen molar-refractivity contribution in [2.45, 2.75) is 6.92 Å². The highest BCUT2D eigenvalue weighted by Crippen LogP contribution is 2.30. The van der Waals surface area contributed by atoms with Gasteiger partial charge in [0.2, 0.25) is 11.8 Å². The summed E-state index contributed by atoms with van der Waals surface area (Å²) >= 11 is 0. The van der Waals surface area contributed by atoms with Crippen LogP contribution in [0.15, 0.2) is 71.1 Å². The predicted molar refractivity (Wildman–Crippen MR) is 117 cm³/mol. The van der Waals surface area contributed by atoms with Crippen molar-refractivity contribution in [3.8, 4) is 34.4 Å². The van der Waals surface area contributed by atoms with Gasteiger partial charge in [0.1, 0.15) is 11.5 Å². The highest BCUT2D eigenvalue weighted by atomic mass is 16.5. The van der Waals surface area contributed by atoms with Crippen molar-refractivity contribution < 1.29 is 18.7 Å². The lowest BCUT2D eigenvalue weighted by atomic mass is 10.1. The van der Waals surface area contributed by atoms with Gasteiger partial charge >= 0.3 is 0 Å². The fraction of sp³-hybridized carbons (Fsp3) is 0.125. The van der Waals surface area contributed by atoms with Crippen molar-refractivity contribution in [1.82, 2.24) is 10.2 Å². The molecular weight excluding hydrogens is 394 g/mol. The minimum absolute atomic E-state index is 0.263. The van der Waals surface area contributed by atoms with Gasteiger partial charge in [0.15, 0.2) is 0 Å². The maximum absolute atomic E-state index is 12.7. The number of hydrogen-bond acceptors (Lipinski definition) is 6. The zero-order valence-corrected chi connectivity index (χ0v) is 17.4.